The molecule has 6 aromatic rings. The number of hydrogen-bond acceptors (Lipinski definition) is 8. The van der Waals surface area contributed by atoms with E-state index in [1.165, 1.54) is 26.6 Å². The maximum Gasteiger partial charge on any atom is 0.337 e. The van der Waals surface area contributed by atoms with Crippen molar-refractivity contribution in [1.29, 1.82) is 0 Å². The summed E-state index contributed by atoms with van der Waals surface area (Å²) in [5.74, 6) is -0.260. The fourth-order valence-electron chi connectivity index (χ4n) is 4.61. The van der Waals surface area contributed by atoms with Crippen LogP contribution < -0.4 is 9.46 Å². The first-order chi connectivity index (χ1) is 23.0. The van der Waals surface area contributed by atoms with E-state index in [1.807, 2.05) is 43.3 Å². The molecule has 13 heteroatoms. The number of benzene rings is 2. The van der Waals surface area contributed by atoms with Crippen LogP contribution in [0.1, 0.15) is 72.9 Å². The van der Waals surface area contributed by atoms with Crippen molar-refractivity contribution in [2.24, 2.45) is 0 Å². The summed E-state index contributed by atoms with van der Waals surface area (Å²) in [5.41, 5.74) is 5.95. The van der Waals surface area contributed by atoms with Gasteiger partial charge in [0.2, 0.25) is 12.4 Å². The molecule has 0 aliphatic rings. The monoisotopic (exact) mass is 772 g/mol. The molecule has 4 aromatic heterocycles. The molecule has 0 aliphatic carbocycles. The largest absolute Gasteiger partial charge is 0.465 e. The highest BCUT2D eigenvalue weighted by Crippen LogP contribution is 2.20. The Morgan fingerprint density at radius 2 is 1.13 bits per heavy atom. The first-order valence-corrected chi connectivity index (χ1v) is 15.6. The summed E-state index contributed by atoms with van der Waals surface area (Å²) >= 11 is 17.5. The van der Waals surface area contributed by atoms with E-state index in [9.17, 15) is 20.0 Å². The number of nitrogens with zero attached hydrogens (tertiary/aromatic N) is 4. The summed E-state index contributed by atoms with van der Waals surface area (Å²) < 4.78 is 11.2. The lowest BCUT2D eigenvalue weighted by atomic mass is 10.1. The van der Waals surface area contributed by atoms with Gasteiger partial charge in [0.25, 0.3) is 11.0 Å². The quantitative estimate of drug-likeness (QED) is 0.0769. The SMILES string of the molecule is C.C.C.C.COC(=O)c1ccnc(C)c1.COC(=O)c1ccnc(Cc2ccc3c(cc(Cl)c[n+]3O)c2)c1.O[n+]1cc(Cl)cc2cc(CCl)ccc21. The number of pyridine rings is 4. The average molecular weight is 774 g/mol. The summed E-state index contributed by atoms with van der Waals surface area (Å²) in [5, 5.41) is 22.0. The van der Waals surface area contributed by atoms with E-state index in [2.05, 4.69) is 14.7 Å². The highest BCUT2D eigenvalue weighted by atomic mass is 35.5. The topological polar surface area (TPSA) is 127 Å². The van der Waals surface area contributed by atoms with Gasteiger partial charge in [-0.1, -0.05) is 65.0 Å². The smallest absolute Gasteiger partial charge is 0.337 e. The second-order valence-electron chi connectivity index (χ2n) is 10.3. The van der Waals surface area contributed by atoms with E-state index in [0.717, 1.165) is 42.7 Å². The predicted octanol–water partition coefficient (Wildman–Crippen LogP) is 9.27. The van der Waals surface area contributed by atoms with Crippen LogP contribution in [0.5, 0.6) is 0 Å². The molecule has 0 radical (unpaired) electrons. The predicted molar refractivity (Wildman–Crippen MR) is 208 cm³/mol. The van der Waals surface area contributed by atoms with Gasteiger partial charge in [0.15, 0.2) is 0 Å². The number of aromatic nitrogens is 4. The summed E-state index contributed by atoms with van der Waals surface area (Å²) in [6, 6.07) is 21.4. The van der Waals surface area contributed by atoms with E-state index in [-0.39, 0.29) is 41.6 Å². The Labute approximate surface area is 320 Å². The zero-order chi connectivity index (χ0) is 34.8. The van der Waals surface area contributed by atoms with Crippen molar-refractivity contribution in [1.82, 2.24) is 9.97 Å². The molecule has 278 valence electrons. The Bertz CT molecular complexity index is 2100. The fourth-order valence-corrected chi connectivity index (χ4v) is 5.20. The normalized spacial score (nSPS) is 9.58. The third-order valence-corrected chi connectivity index (χ3v) is 7.57. The van der Waals surface area contributed by atoms with Crippen LogP contribution >= 0.6 is 34.8 Å². The number of halogens is 3. The molecule has 0 fully saturated rings. The molecule has 0 unspecified atom stereocenters. The molecular weight excluding hydrogens is 727 g/mol. The Balaban J connectivity index is 0.000000778. The second kappa shape index (κ2) is 22.0. The van der Waals surface area contributed by atoms with Gasteiger partial charge in [-0.3, -0.25) is 20.4 Å². The molecule has 10 nitrogen and oxygen atoms in total. The third-order valence-electron chi connectivity index (χ3n) is 6.85. The van der Waals surface area contributed by atoms with Gasteiger partial charge in [-0.25, -0.2) is 9.59 Å². The summed E-state index contributed by atoms with van der Waals surface area (Å²) in [6.45, 7) is 1.83. The van der Waals surface area contributed by atoms with Crippen LogP contribution in [0.2, 0.25) is 10.0 Å². The van der Waals surface area contributed by atoms with Crippen molar-refractivity contribution >= 4 is 68.5 Å². The number of carbonyl (C=O) groups excluding carboxylic acids is 2. The van der Waals surface area contributed by atoms with Gasteiger partial charge in [-0.15, -0.1) is 11.6 Å². The van der Waals surface area contributed by atoms with E-state index >= 15 is 0 Å². The highest BCUT2D eigenvalue weighted by Gasteiger charge is 2.13. The number of alkyl halides is 1. The number of methoxy groups -OCH3 is 2. The molecule has 0 aliphatic heterocycles. The van der Waals surface area contributed by atoms with Crippen LogP contribution in [0, 0.1) is 6.92 Å². The standard InChI is InChI=1S/C17H14ClN2O3.C10H8Cl2NO.C8H9NO2.4CH4/c1-23-17(21)12-4-5-19-15(9-12)7-11-2-3-16-13(6-11)8-14(18)10-20(16)22;11-5-7-1-2-10-8(3-7)4-9(12)6-13(10)14;1-6-5-7(3-4-9-6)8(10)11-2;;;;/h2-6,8-10,22H,7H2,1H3;1-4,6,14H,5H2;3-5H,1-2H3;4*1H4/q2*+1;;;;;. The summed E-state index contributed by atoms with van der Waals surface area (Å²) in [7, 11) is 2.71. The van der Waals surface area contributed by atoms with Crippen LogP contribution in [0.15, 0.2) is 97.6 Å². The number of fused-ring (bicyclic) bond motifs is 2. The Morgan fingerprint density at radius 3 is 1.62 bits per heavy atom. The lowest BCUT2D eigenvalue weighted by Crippen LogP contribution is -2.30. The van der Waals surface area contributed by atoms with Gasteiger partial charge in [-0.05, 0) is 66.6 Å². The average Bonchev–Trinajstić information content (AvgIpc) is 3.07. The van der Waals surface area contributed by atoms with Gasteiger partial charge in [0.05, 0.1) is 36.1 Å². The van der Waals surface area contributed by atoms with E-state index in [0.29, 0.717) is 44.5 Å². The van der Waals surface area contributed by atoms with Crippen molar-refractivity contribution in [2.45, 2.75) is 48.9 Å². The molecule has 4 heterocycles. The van der Waals surface area contributed by atoms with Crippen LogP contribution in [-0.2, 0) is 21.8 Å². The first kappa shape index (κ1) is 47.0. The van der Waals surface area contributed by atoms with E-state index in [1.54, 1.807) is 48.8 Å². The summed E-state index contributed by atoms with van der Waals surface area (Å²) in [4.78, 5) is 30.7. The first-order valence-electron chi connectivity index (χ1n) is 14.3. The molecule has 0 atom stereocenters. The Kier molecular flexibility index (Phi) is 19.9. The molecule has 0 amide bonds. The molecule has 2 aromatic carbocycles. The molecule has 0 saturated carbocycles. The van der Waals surface area contributed by atoms with Crippen LogP contribution in [-0.4, -0.2) is 46.5 Å². The molecule has 6 rings (SSSR count). The van der Waals surface area contributed by atoms with Crippen molar-refractivity contribution < 1.29 is 38.9 Å². The summed E-state index contributed by atoms with van der Waals surface area (Å²) in [6.07, 6.45) is 6.61. The number of hydrogen-bond donors (Lipinski definition) is 2. The van der Waals surface area contributed by atoms with E-state index in [4.69, 9.17) is 39.5 Å². The maximum absolute atomic E-state index is 11.6. The van der Waals surface area contributed by atoms with Gasteiger partial charge in [0.1, 0.15) is 10.0 Å². The van der Waals surface area contributed by atoms with Crippen LogP contribution in [0.4, 0.5) is 0 Å². The minimum atomic E-state index is -0.389. The minimum absolute atomic E-state index is 0. The number of aryl methyl sites for hydroxylation is 1. The Morgan fingerprint density at radius 1 is 0.673 bits per heavy atom. The number of carbonyl (C=O) groups is 2. The fraction of sp³-hybridized carbons (Fsp3) is 0.231. The van der Waals surface area contributed by atoms with Crippen LogP contribution in [0.3, 0.4) is 0 Å². The molecule has 52 heavy (non-hydrogen) atoms. The van der Waals surface area contributed by atoms with E-state index < -0.39 is 0 Å². The number of esters is 2. The van der Waals surface area contributed by atoms with Crippen molar-refractivity contribution in [3.05, 3.63) is 141 Å². The van der Waals surface area contributed by atoms with Gasteiger partial charge >= 0.3 is 11.9 Å². The third kappa shape index (κ3) is 12.6. The number of ether oxygens (including phenoxy) is 2. The lowest BCUT2D eigenvalue weighted by molar-refractivity contribution is -0.884. The zero-order valence-electron chi connectivity index (χ0n) is 26.1. The van der Waals surface area contributed by atoms with Crippen molar-refractivity contribution in [2.75, 3.05) is 14.2 Å². The second-order valence-corrected chi connectivity index (χ2v) is 11.4. The molecule has 0 saturated heterocycles. The van der Waals surface area contributed by atoms with Crippen LogP contribution in [0.25, 0.3) is 21.8 Å². The molecule has 0 spiro atoms. The minimum Gasteiger partial charge on any atom is -0.465 e. The lowest BCUT2D eigenvalue weighted by Gasteiger charge is -2.04. The van der Waals surface area contributed by atoms with Crippen molar-refractivity contribution in [3.8, 4) is 0 Å². The molecule has 2 N–H and O–H groups in total. The maximum atomic E-state index is 11.6. The van der Waals surface area contributed by atoms with Gasteiger partial charge in [0, 0.05) is 57.7 Å². The van der Waals surface area contributed by atoms with Gasteiger partial charge < -0.3 is 9.47 Å². The van der Waals surface area contributed by atoms with Crippen molar-refractivity contribution in [3.63, 3.8) is 0 Å². The Hall–Kier alpha value is -5.03. The van der Waals surface area contributed by atoms with Gasteiger partial charge in [-0.2, -0.15) is 0 Å². The molecular formula is C39H47Cl3N4O6+2. The number of rotatable bonds is 5. The highest BCUT2D eigenvalue weighted by molar-refractivity contribution is 6.31. The molecule has 0 bridgehead atoms. The zero-order valence-corrected chi connectivity index (χ0v) is 28.4.